The fourth-order valence-electron chi connectivity index (χ4n) is 2.46. The van der Waals surface area contributed by atoms with Crippen molar-refractivity contribution in [1.82, 2.24) is 15.1 Å². The van der Waals surface area contributed by atoms with Gasteiger partial charge in [-0.3, -0.25) is 4.68 Å². The summed E-state index contributed by atoms with van der Waals surface area (Å²) < 4.78 is 2.10. The maximum Gasteiger partial charge on any atom is 0.0762 e. The average molecular weight is 271 g/mol. The van der Waals surface area contributed by atoms with Crippen LogP contribution in [0.4, 0.5) is 0 Å². The fourth-order valence-corrected chi connectivity index (χ4v) is 2.46. The molecule has 1 unspecified atom stereocenters. The lowest BCUT2D eigenvalue weighted by atomic mass is 10.1. The first-order chi connectivity index (χ1) is 9.74. The van der Waals surface area contributed by atoms with Crippen LogP contribution in [-0.4, -0.2) is 9.78 Å². The largest absolute Gasteiger partial charge is 0.304 e. The van der Waals surface area contributed by atoms with Gasteiger partial charge in [-0.05, 0) is 31.4 Å². The summed E-state index contributed by atoms with van der Waals surface area (Å²) in [6, 6.07) is 13.5. The van der Waals surface area contributed by atoms with Gasteiger partial charge in [-0.25, -0.2) is 0 Å². The van der Waals surface area contributed by atoms with Crippen LogP contribution in [0.1, 0.15) is 57.0 Å². The smallest absolute Gasteiger partial charge is 0.0762 e. The molecule has 20 heavy (non-hydrogen) atoms. The Hall–Kier alpha value is -1.61. The summed E-state index contributed by atoms with van der Waals surface area (Å²) in [6.45, 7) is 7.42. The molecule has 3 nitrogen and oxygen atoms in total. The van der Waals surface area contributed by atoms with E-state index in [1.165, 1.54) is 5.56 Å². The summed E-state index contributed by atoms with van der Waals surface area (Å²) in [5, 5.41) is 8.20. The maximum absolute atomic E-state index is 4.67. The van der Waals surface area contributed by atoms with E-state index in [-0.39, 0.29) is 0 Å². The van der Waals surface area contributed by atoms with Crippen molar-refractivity contribution in [2.75, 3.05) is 0 Å². The van der Waals surface area contributed by atoms with E-state index in [1.807, 2.05) is 6.07 Å². The minimum absolute atomic E-state index is 0.342. The number of nitrogens with one attached hydrogen (secondary N) is 1. The predicted octanol–water partition coefficient (Wildman–Crippen LogP) is 4.10. The third-order valence-corrected chi connectivity index (χ3v) is 3.87. The normalized spacial score (nSPS) is 12.8. The summed E-state index contributed by atoms with van der Waals surface area (Å²) in [5.74, 6) is 0. The second-order valence-electron chi connectivity index (χ2n) is 5.27. The molecule has 3 heteroatoms. The molecule has 1 aromatic carbocycles. The Labute approximate surface area is 122 Å². The minimum atomic E-state index is 0.342. The standard InChI is InChI=1S/C17H25N3/c1-4-17(5-2)20-12-11-16(19-20)13-18-14(3)15-9-7-6-8-10-15/h6-12,14,17-18H,4-5,13H2,1-3H3. The Bertz CT molecular complexity index is 500. The minimum Gasteiger partial charge on any atom is -0.304 e. The molecule has 1 heterocycles. The van der Waals surface area contributed by atoms with Crippen molar-refractivity contribution in [2.45, 2.75) is 52.2 Å². The maximum atomic E-state index is 4.67. The number of aromatic nitrogens is 2. The van der Waals surface area contributed by atoms with Crippen LogP contribution in [0.3, 0.4) is 0 Å². The molecule has 108 valence electrons. The van der Waals surface area contributed by atoms with E-state index in [9.17, 15) is 0 Å². The van der Waals surface area contributed by atoms with Crippen LogP contribution in [-0.2, 0) is 6.54 Å². The Balaban J connectivity index is 1.91. The summed E-state index contributed by atoms with van der Waals surface area (Å²) >= 11 is 0. The van der Waals surface area contributed by atoms with E-state index in [2.05, 4.69) is 72.4 Å². The van der Waals surface area contributed by atoms with Crippen LogP contribution in [0, 0.1) is 0 Å². The van der Waals surface area contributed by atoms with Crippen molar-refractivity contribution >= 4 is 0 Å². The van der Waals surface area contributed by atoms with E-state index < -0.39 is 0 Å². The summed E-state index contributed by atoms with van der Waals surface area (Å²) in [4.78, 5) is 0. The Kier molecular flexibility index (Phi) is 5.36. The lowest BCUT2D eigenvalue weighted by molar-refractivity contribution is 0.423. The van der Waals surface area contributed by atoms with Crippen molar-refractivity contribution in [3.8, 4) is 0 Å². The summed E-state index contributed by atoms with van der Waals surface area (Å²) in [5.41, 5.74) is 2.42. The highest BCUT2D eigenvalue weighted by Crippen LogP contribution is 2.15. The van der Waals surface area contributed by atoms with E-state index in [0.717, 1.165) is 25.1 Å². The van der Waals surface area contributed by atoms with Crippen LogP contribution in [0.5, 0.6) is 0 Å². The second-order valence-corrected chi connectivity index (χ2v) is 5.27. The number of benzene rings is 1. The molecule has 0 amide bonds. The molecular formula is C17H25N3. The van der Waals surface area contributed by atoms with Crippen LogP contribution >= 0.6 is 0 Å². The quantitative estimate of drug-likeness (QED) is 0.822. The first-order valence-electron chi connectivity index (χ1n) is 7.57. The molecule has 1 atom stereocenters. The van der Waals surface area contributed by atoms with Crippen molar-refractivity contribution in [3.63, 3.8) is 0 Å². The van der Waals surface area contributed by atoms with Crippen LogP contribution < -0.4 is 5.32 Å². The van der Waals surface area contributed by atoms with Gasteiger partial charge in [0.05, 0.1) is 11.7 Å². The van der Waals surface area contributed by atoms with Gasteiger partial charge in [-0.15, -0.1) is 0 Å². The highest BCUT2D eigenvalue weighted by atomic mass is 15.3. The number of nitrogens with zero attached hydrogens (tertiary/aromatic N) is 2. The van der Waals surface area contributed by atoms with Crippen molar-refractivity contribution in [1.29, 1.82) is 0 Å². The first kappa shape index (κ1) is 14.8. The molecule has 0 radical (unpaired) electrons. The topological polar surface area (TPSA) is 29.9 Å². The highest BCUT2D eigenvalue weighted by Gasteiger charge is 2.09. The zero-order chi connectivity index (χ0) is 14.4. The van der Waals surface area contributed by atoms with Crippen molar-refractivity contribution in [3.05, 3.63) is 53.9 Å². The third-order valence-electron chi connectivity index (χ3n) is 3.87. The van der Waals surface area contributed by atoms with Gasteiger partial charge in [0.2, 0.25) is 0 Å². The zero-order valence-electron chi connectivity index (χ0n) is 12.7. The predicted molar refractivity (Wildman–Crippen MR) is 83.5 cm³/mol. The van der Waals surface area contributed by atoms with Crippen LogP contribution in [0.2, 0.25) is 0 Å². The summed E-state index contributed by atoms with van der Waals surface area (Å²) in [6.07, 6.45) is 4.36. The third kappa shape index (κ3) is 3.70. The van der Waals surface area contributed by atoms with Gasteiger partial charge in [0, 0.05) is 18.8 Å². The number of hydrogen-bond acceptors (Lipinski definition) is 2. The summed E-state index contributed by atoms with van der Waals surface area (Å²) in [7, 11) is 0. The molecule has 0 saturated carbocycles. The van der Waals surface area contributed by atoms with Crippen molar-refractivity contribution < 1.29 is 0 Å². The molecule has 0 bridgehead atoms. The zero-order valence-corrected chi connectivity index (χ0v) is 12.7. The Morgan fingerprint density at radius 1 is 1.10 bits per heavy atom. The molecule has 2 aromatic rings. The van der Waals surface area contributed by atoms with Crippen LogP contribution in [0.25, 0.3) is 0 Å². The van der Waals surface area contributed by atoms with Gasteiger partial charge in [-0.2, -0.15) is 5.10 Å². The molecule has 0 aliphatic rings. The fraction of sp³-hybridized carbons (Fsp3) is 0.471. The molecule has 0 spiro atoms. The van der Waals surface area contributed by atoms with Gasteiger partial charge in [-0.1, -0.05) is 44.2 Å². The Morgan fingerprint density at radius 2 is 1.80 bits per heavy atom. The molecule has 2 rings (SSSR count). The van der Waals surface area contributed by atoms with Gasteiger partial charge < -0.3 is 5.32 Å². The molecule has 0 aliphatic heterocycles. The second kappa shape index (κ2) is 7.25. The van der Waals surface area contributed by atoms with Gasteiger partial charge in [0.25, 0.3) is 0 Å². The average Bonchev–Trinajstić information content (AvgIpc) is 2.96. The monoisotopic (exact) mass is 271 g/mol. The van der Waals surface area contributed by atoms with Gasteiger partial charge >= 0.3 is 0 Å². The van der Waals surface area contributed by atoms with Crippen molar-refractivity contribution in [2.24, 2.45) is 0 Å². The number of rotatable bonds is 7. The highest BCUT2D eigenvalue weighted by molar-refractivity contribution is 5.18. The molecule has 0 saturated heterocycles. The molecular weight excluding hydrogens is 246 g/mol. The Morgan fingerprint density at radius 3 is 2.45 bits per heavy atom. The first-order valence-corrected chi connectivity index (χ1v) is 7.57. The van der Waals surface area contributed by atoms with E-state index in [0.29, 0.717) is 12.1 Å². The number of hydrogen-bond donors (Lipinski definition) is 1. The van der Waals surface area contributed by atoms with E-state index in [4.69, 9.17) is 0 Å². The lowest BCUT2D eigenvalue weighted by Crippen LogP contribution is -2.18. The lowest BCUT2D eigenvalue weighted by Gasteiger charge is -2.14. The van der Waals surface area contributed by atoms with Crippen LogP contribution in [0.15, 0.2) is 42.6 Å². The van der Waals surface area contributed by atoms with E-state index in [1.54, 1.807) is 0 Å². The van der Waals surface area contributed by atoms with E-state index >= 15 is 0 Å². The molecule has 0 aliphatic carbocycles. The van der Waals surface area contributed by atoms with Gasteiger partial charge in [0.1, 0.15) is 0 Å². The molecule has 1 aromatic heterocycles. The SMILES string of the molecule is CCC(CC)n1ccc(CNC(C)c2ccccc2)n1. The van der Waals surface area contributed by atoms with Gasteiger partial charge in [0.15, 0.2) is 0 Å². The molecule has 1 N–H and O–H groups in total. The molecule has 0 fully saturated rings.